The number of ketones is 1. The van der Waals surface area contributed by atoms with E-state index in [0.29, 0.717) is 31.5 Å². The number of carbonyl (C=O) groups excluding carboxylic acids is 1. The molecule has 0 aromatic rings. The van der Waals surface area contributed by atoms with Gasteiger partial charge in [-0.3, -0.25) is 4.79 Å². The van der Waals surface area contributed by atoms with Crippen LogP contribution in [0.2, 0.25) is 0 Å². The maximum absolute atomic E-state index is 14.4. The molecule has 3 nitrogen and oxygen atoms in total. The maximum Gasteiger partial charge on any atom is 0.525 e. The zero-order chi connectivity index (χ0) is 14.1. The minimum atomic E-state index is -0.881. The second kappa shape index (κ2) is 3.70. The fraction of sp³-hybridized carbons (Fsp3) is 0.786. The Bertz CT molecular complexity index is 447. The van der Waals surface area contributed by atoms with E-state index in [1.54, 1.807) is 0 Å². The molecule has 0 amide bonds. The SMILES string of the molecule is CC1(C)OB(C(F)=C2CC3(CC(=O)C3)C2)OC1(C)C. The van der Waals surface area contributed by atoms with Gasteiger partial charge in [-0.25, -0.2) is 4.39 Å². The van der Waals surface area contributed by atoms with Crippen molar-refractivity contribution in [3.63, 3.8) is 0 Å². The van der Waals surface area contributed by atoms with Crippen molar-refractivity contribution in [2.75, 3.05) is 0 Å². The van der Waals surface area contributed by atoms with Gasteiger partial charge in [-0.15, -0.1) is 0 Å². The number of Topliss-reactive ketones (excluding diaryl/α,β-unsaturated/α-hetero) is 1. The molecule has 0 aromatic heterocycles. The van der Waals surface area contributed by atoms with Crippen LogP contribution in [0.1, 0.15) is 53.4 Å². The van der Waals surface area contributed by atoms with Crippen LogP contribution >= 0.6 is 0 Å². The zero-order valence-corrected chi connectivity index (χ0v) is 12.0. The largest absolute Gasteiger partial charge is 0.525 e. The van der Waals surface area contributed by atoms with Gasteiger partial charge in [0.15, 0.2) is 0 Å². The van der Waals surface area contributed by atoms with Gasteiger partial charge >= 0.3 is 7.12 Å². The summed E-state index contributed by atoms with van der Waals surface area (Å²) in [5, 5.41) is 0. The molecule has 1 saturated heterocycles. The van der Waals surface area contributed by atoms with Gasteiger partial charge < -0.3 is 9.31 Å². The summed E-state index contributed by atoms with van der Waals surface area (Å²) in [5.74, 6) is 0.301. The molecule has 2 aliphatic carbocycles. The quantitative estimate of drug-likeness (QED) is 0.684. The fourth-order valence-corrected chi connectivity index (χ4v) is 3.17. The van der Waals surface area contributed by atoms with Crippen LogP contribution in [0.5, 0.6) is 0 Å². The Kier molecular flexibility index (Phi) is 2.59. The van der Waals surface area contributed by atoms with E-state index in [0.717, 1.165) is 5.57 Å². The standard InChI is InChI=1S/C14H20BFO3/c1-12(2)13(3,4)19-15(18-12)11(16)9-5-14(6-9)7-10(17)8-14/h5-8H2,1-4H3. The first-order chi connectivity index (χ1) is 8.64. The average Bonchev–Trinajstić information content (AvgIpc) is 2.39. The molecule has 3 fully saturated rings. The van der Waals surface area contributed by atoms with Gasteiger partial charge in [0.05, 0.1) is 11.2 Å². The number of halogens is 1. The van der Waals surface area contributed by atoms with Crippen LogP contribution < -0.4 is 0 Å². The van der Waals surface area contributed by atoms with E-state index in [1.807, 2.05) is 27.7 Å². The summed E-state index contributed by atoms with van der Waals surface area (Å²) >= 11 is 0. The van der Waals surface area contributed by atoms with Crippen molar-refractivity contribution >= 4 is 12.9 Å². The molecule has 0 atom stereocenters. The summed E-state index contributed by atoms with van der Waals surface area (Å²) in [6, 6.07) is 0. The first-order valence-electron chi connectivity index (χ1n) is 6.89. The summed E-state index contributed by atoms with van der Waals surface area (Å²) in [4.78, 5) is 11.1. The molecule has 104 valence electrons. The van der Waals surface area contributed by atoms with Crippen molar-refractivity contribution in [1.29, 1.82) is 0 Å². The van der Waals surface area contributed by atoms with Gasteiger partial charge in [-0.1, -0.05) is 0 Å². The minimum Gasteiger partial charge on any atom is -0.398 e. The molecule has 0 bridgehead atoms. The topological polar surface area (TPSA) is 35.5 Å². The van der Waals surface area contributed by atoms with E-state index in [2.05, 4.69) is 0 Å². The molecule has 0 radical (unpaired) electrons. The highest BCUT2D eigenvalue weighted by atomic mass is 19.1. The van der Waals surface area contributed by atoms with E-state index in [-0.39, 0.29) is 11.1 Å². The highest BCUT2D eigenvalue weighted by molar-refractivity contribution is 6.53. The number of allylic oxidation sites excluding steroid dienone is 1. The lowest BCUT2D eigenvalue weighted by Crippen LogP contribution is -2.45. The van der Waals surface area contributed by atoms with Crippen molar-refractivity contribution < 1.29 is 18.5 Å². The molecule has 5 heteroatoms. The zero-order valence-electron chi connectivity index (χ0n) is 12.0. The Morgan fingerprint density at radius 2 is 1.53 bits per heavy atom. The Hall–Kier alpha value is -0.675. The molecular formula is C14H20BFO3. The molecule has 3 rings (SSSR count). The molecule has 19 heavy (non-hydrogen) atoms. The summed E-state index contributed by atoms with van der Waals surface area (Å²) in [5.41, 5.74) is -0.449. The Labute approximate surface area is 113 Å². The third-order valence-electron chi connectivity index (χ3n) is 5.12. The predicted molar refractivity (Wildman–Crippen MR) is 70.1 cm³/mol. The lowest BCUT2D eigenvalue weighted by Gasteiger charge is -2.49. The number of carbonyl (C=O) groups is 1. The third kappa shape index (κ3) is 1.90. The lowest BCUT2D eigenvalue weighted by molar-refractivity contribution is -0.135. The van der Waals surface area contributed by atoms with Gasteiger partial charge in [0.25, 0.3) is 0 Å². The Morgan fingerprint density at radius 1 is 1.05 bits per heavy atom. The normalized spacial score (nSPS) is 30.3. The van der Waals surface area contributed by atoms with E-state index in [1.165, 1.54) is 0 Å². The molecule has 3 aliphatic rings. The average molecular weight is 266 g/mol. The first kappa shape index (κ1) is 13.3. The first-order valence-corrected chi connectivity index (χ1v) is 6.89. The lowest BCUT2D eigenvalue weighted by atomic mass is 9.52. The van der Waals surface area contributed by atoms with Crippen LogP contribution in [0, 0.1) is 5.41 Å². The highest BCUT2D eigenvalue weighted by Crippen LogP contribution is 2.58. The fourth-order valence-electron chi connectivity index (χ4n) is 3.17. The molecule has 0 N–H and O–H groups in total. The second-order valence-corrected chi connectivity index (χ2v) is 7.29. The van der Waals surface area contributed by atoms with Gasteiger partial charge in [0, 0.05) is 12.8 Å². The summed E-state index contributed by atoms with van der Waals surface area (Å²) < 4.78 is 25.8. The monoisotopic (exact) mass is 266 g/mol. The van der Waals surface area contributed by atoms with Crippen LogP contribution in [0.3, 0.4) is 0 Å². The maximum atomic E-state index is 14.4. The van der Waals surface area contributed by atoms with Gasteiger partial charge in [-0.05, 0) is 51.5 Å². The summed E-state index contributed by atoms with van der Waals surface area (Å²) in [6.45, 7) is 7.66. The van der Waals surface area contributed by atoms with Crippen molar-refractivity contribution in [2.45, 2.75) is 64.6 Å². The smallest absolute Gasteiger partial charge is 0.398 e. The molecule has 1 heterocycles. The van der Waals surface area contributed by atoms with Crippen molar-refractivity contribution in [3.05, 3.63) is 11.3 Å². The van der Waals surface area contributed by atoms with Crippen molar-refractivity contribution in [1.82, 2.24) is 0 Å². The Balaban J connectivity index is 1.70. The van der Waals surface area contributed by atoms with Gasteiger partial charge in [0.1, 0.15) is 11.5 Å². The molecule has 1 aliphatic heterocycles. The number of rotatable bonds is 1. The number of hydrogen-bond donors (Lipinski definition) is 0. The van der Waals surface area contributed by atoms with Crippen LogP contribution in [0.25, 0.3) is 0 Å². The van der Waals surface area contributed by atoms with Crippen molar-refractivity contribution in [3.8, 4) is 0 Å². The van der Waals surface area contributed by atoms with E-state index >= 15 is 0 Å². The van der Waals surface area contributed by atoms with Crippen LogP contribution in [-0.2, 0) is 14.1 Å². The molecule has 0 aromatic carbocycles. The third-order valence-corrected chi connectivity index (χ3v) is 5.12. The van der Waals surface area contributed by atoms with E-state index in [9.17, 15) is 9.18 Å². The van der Waals surface area contributed by atoms with E-state index in [4.69, 9.17) is 9.31 Å². The summed E-state index contributed by atoms with van der Waals surface area (Å²) in [7, 11) is -0.881. The van der Waals surface area contributed by atoms with E-state index < -0.39 is 18.3 Å². The summed E-state index contributed by atoms with van der Waals surface area (Å²) in [6.07, 6.45) is 2.61. The minimum absolute atomic E-state index is 0.0768. The molecule has 1 spiro atoms. The molecule has 0 unspecified atom stereocenters. The van der Waals surface area contributed by atoms with Gasteiger partial charge in [-0.2, -0.15) is 0 Å². The van der Waals surface area contributed by atoms with Crippen LogP contribution in [-0.4, -0.2) is 24.1 Å². The predicted octanol–water partition coefficient (Wildman–Crippen LogP) is 2.98. The molecular weight excluding hydrogens is 246 g/mol. The Morgan fingerprint density at radius 3 is 1.95 bits per heavy atom. The van der Waals surface area contributed by atoms with Gasteiger partial charge in [0.2, 0.25) is 0 Å². The molecule has 2 saturated carbocycles. The van der Waals surface area contributed by atoms with Crippen LogP contribution in [0.4, 0.5) is 4.39 Å². The van der Waals surface area contributed by atoms with Crippen molar-refractivity contribution in [2.24, 2.45) is 5.41 Å². The van der Waals surface area contributed by atoms with Crippen LogP contribution in [0.15, 0.2) is 11.3 Å². The highest BCUT2D eigenvalue weighted by Gasteiger charge is 2.56. The second-order valence-electron chi connectivity index (χ2n) is 7.29. The number of hydrogen-bond acceptors (Lipinski definition) is 3.